The van der Waals surface area contributed by atoms with Gasteiger partial charge in [0.05, 0.1) is 31.3 Å². The van der Waals surface area contributed by atoms with E-state index in [-0.39, 0.29) is 42.3 Å². The van der Waals surface area contributed by atoms with Crippen molar-refractivity contribution in [2.45, 2.75) is 168 Å². The van der Waals surface area contributed by atoms with E-state index in [1.807, 2.05) is 48.5 Å². The lowest BCUT2D eigenvalue weighted by Gasteiger charge is -2.35. The van der Waals surface area contributed by atoms with E-state index in [0.717, 1.165) is 6.42 Å². The molecule has 0 spiro atoms. The number of esters is 1. The molecule has 0 saturated carbocycles. The van der Waals surface area contributed by atoms with Crippen molar-refractivity contribution in [2.24, 2.45) is 23.5 Å². The smallest absolute Gasteiger partial charge is 0.329 e. The largest absolute Gasteiger partial charge is 0.497 e. The highest BCUT2D eigenvalue weighted by Gasteiger charge is 2.42. The van der Waals surface area contributed by atoms with Crippen LogP contribution >= 0.6 is 0 Å². The number of carbonyl (C=O) groups excluding carboxylic acids is 6. The van der Waals surface area contributed by atoms with Crippen molar-refractivity contribution in [3.8, 4) is 5.75 Å². The molecule has 0 aliphatic carbocycles. The molecule has 5 N–H and O–H groups in total. The summed E-state index contributed by atoms with van der Waals surface area (Å²) in [6, 6.07) is 1.33. The minimum atomic E-state index is -1.42. The first-order chi connectivity index (χ1) is 28.7. The quantitative estimate of drug-likeness (QED) is 0.0987. The fourth-order valence-corrected chi connectivity index (χ4v) is 7.80. The standard InChI is InChI=1S/C46H78N6O9/c1-13-15-17-33(53)27-39(54)40(30(7)14-2)48-43(56)41(49-42(55)37(50(9)10)25-29(5)6)31(8)61-46(59)38(26-32-19-21-34(60-12)22-20-32)51(11)45(58)36-18-16-23-52(36)44(57)35(47)24-28(3)4/h19-22,28-31,35-41,54H,13-18,23-27,47H2,1-12H3,(H,48,56)(H,49,55)/t30-,31+,35-,36-,37?,38-,39-,40+,41-/m0/s1. The molecule has 1 unspecified atom stereocenters. The van der Waals surface area contributed by atoms with Crippen molar-refractivity contribution in [1.82, 2.24) is 25.3 Å². The van der Waals surface area contributed by atoms with E-state index in [2.05, 4.69) is 10.6 Å². The molecule has 346 valence electrons. The number of carbonyl (C=O) groups is 6. The van der Waals surface area contributed by atoms with Gasteiger partial charge in [-0.3, -0.25) is 28.9 Å². The Morgan fingerprint density at radius 1 is 0.902 bits per heavy atom. The van der Waals surface area contributed by atoms with Gasteiger partial charge < -0.3 is 40.7 Å². The molecular weight excluding hydrogens is 781 g/mol. The van der Waals surface area contributed by atoms with Gasteiger partial charge in [-0.05, 0) is 88.6 Å². The molecule has 4 amide bonds. The maximum Gasteiger partial charge on any atom is 0.329 e. The Kier molecular flexibility index (Phi) is 22.4. The number of benzene rings is 1. The van der Waals surface area contributed by atoms with Crippen LogP contribution in [-0.4, -0.2) is 138 Å². The number of hydrogen-bond donors (Lipinski definition) is 4. The van der Waals surface area contributed by atoms with Gasteiger partial charge in [0.1, 0.15) is 35.8 Å². The molecule has 0 radical (unpaired) electrons. The Morgan fingerprint density at radius 3 is 2.07 bits per heavy atom. The van der Waals surface area contributed by atoms with Crippen LogP contribution in [0.25, 0.3) is 0 Å². The van der Waals surface area contributed by atoms with Crippen LogP contribution < -0.4 is 21.1 Å². The number of nitrogens with one attached hydrogen (secondary N) is 2. The van der Waals surface area contributed by atoms with Gasteiger partial charge in [-0.25, -0.2) is 4.79 Å². The number of likely N-dealkylation sites (tertiary alicyclic amines) is 1. The predicted octanol–water partition coefficient (Wildman–Crippen LogP) is 3.86. The van der Waals surface area contributed by atoms with Gasteiger partial charge in [-0.15, -0.1) is 0 Å². The zero-order chi connectivity index (χ0) is 46.1. The SMILES string of the molecule is CCCCC(=O)C[C@H](O)[C@H](NC(=O)[C@@H](NC(=O)C(CC(C)C)N(C)C)[C@@H](C)OC(=O)[C@H](Cc1ccc(OC)cc1)N(C)C(=O)[C@@H]1CCCN1C(=O)[C@@H](N)CC(C)C)[C@@H](C)CC. The summed E-state index contributed by atoms with van der Waals surface area (Å²) in [5.41, 5.74) is 6.98. The number of amides is 4. The maximum atomic E-state index is 14.5. The van der Waals surface area contributed by atoms with Gasteiger partial charge in [0.15, 0.2) is 0 Å². The van der Waals surface area contributed by atoms with Crippen LogP contribution in [0.15, 0.2) is 24.3 Å². The zero-order valence-electron chi connectivity index (χ0n) is 39.1. The van der Waals surface area contributed by atoms with Crippen molar-refractivity contribution in [3.63, 3.8) is 0 Å². The number of nitrogens with two attached hydrogens (primary N) is 1. The fraction of sp³-hybridized carbons (Fsp3) is 0.739. The third-order valence-electron chi connectivity index (χ3n) is 11.7. The van der Waals surface area contributed by atoms with Crippen molar-refractivity contribution in [2.75, 3.05) is 34.8 Å². The van der Waals surface area contributed by atoms with Crippen molar-refractivity contribution in [1.29, 1.82) is 0 Å². The molecule has 1 heterocycles. The predicted molar refractivity (Wildman–Crippen MR) is 236 cm³/mol. The van der Waals surface area contributed by atoms with E-state index in [1.165, 1.54) is 23.8 Å². The third kappa shape index (κ3) is 16.3. The summed E-state index contributed by atoms with van der Waals surface area (Å²) in [5, 5.41) is 17.1. The van der Waals surface area contributed by atoms with Crippen LogP contribution in [0.2, 0.25) is 0 Å². The number of ketones is 1. The van der Waals surface area contributed by atoms with E-state index >= 15 is 0 Å². The monoisotopic (exact) mass is 859 g/mol. The van der Waals surface area contributed by atoms with E-state index in [9.17, 15) is 33.9 Å². The van der Waals surface area contributed by atoms with Crippen LogP contribution in [0.3, 0.4) is 0 Å². The van der Waals surface area contributed by atoms with Crippen LogP contribution in [0.4, 0.5) is 0 Å². The molecule has 15 heteroatoms. The van der Waals surface area contributed by atoms with Crippen molar-refractivity contribution < 1.29 is 43.3 Å². The number of aliphatic hydroxyl groups excluding tert-OH is 1. The van der Waals surface area contributed by atoms with Gasteiger partial charge in [-0.2, -0.15) is 0 Å². The Hall–Kier alpha value is -4.08. The Balaban J connectivity index is 2.56. The molecule has 1 aromatic rings. The highest BCUT2D eigenvalue weighted by molar-refractivity contribution is 5.93. The average molecular weight is 859 g/mol. The number of methoxy groups -OCH3 is 1. The first kappa shape index (κ1) is 53.1. The summed E-state index contributed by atoms with van der Waals surface area (Å²) in [6.07, 6.45) is 1.77. The molecule has 1 aliphatic heterocycles. The van der Waals surface area contributed by atoms with Gasteiger partial charge in [0.25, 0.3) is 0 Å². The summed E-state index contributed by atoms with van der Waals surface area (Å²) >= 11 is 0. The van der Waals surface area contributed by atoms with E-state index in [4.69, 9.17) is 15.2 Å². The zero-order valence-corrected chi connectivity index (χ0v) is 39.1. The average Bonchev–Trinajstić information content (AvgIpc) is 3.70. The van der Waals surface area contributed by atoms with Crippen LogP contribution in [0, 0.1) is 17.8 Å². The summed E-state index contributed by atoms with van der Waals surface area (Å²) < 4.78 is 11.4. The lowest BCUT2D eigenvalue weighted by atomic mass is 9.90. The van der Waals surface area contributed by atoms with E-state index in [1.54, 1.807) is 50.4 Å². The minimum Gasteiger partial charge on any atom is -0.497 e. The first-order valence-electron chi connectivity index (χ1n) is 22.3. The molecule has 61 heavy (non-hydrogen) atoms. The summed E-state index contributed by atoms with van der Waals surface area (Å²) in [4.78, 5) is 88.0. The molecular formula is C46H78N6O9. The second-order valence-electron chi connectivity index (χ2n) is 18.0. The highest BCUT2D eigenvalue weighted by atomic mass is 16.5. The topological polar surface area (TPSA) is 201 Å². The van der Waals surface area contributed by atoms with Gasteiger partial charge in [0, 0.05) is 32.9 Å². The molecule has 1 aromatic carbocycles. The third-order valence-corrected chi connectivity index (χ3v) is 11.7. The van der Waals surface area contributed by atoms with E-state index in [0.29, 0.717) is 62.8 Å². The normalized spacial score (nSPS) is 18.1. The molecule has 2 rings (SSSR count). The number of aliphatic hydroxyl groups is 1. The molecule has 1 saturated heterocycles. The second kappa shape index (κ2) is 25.8. The van der Waals surface area contributed by atoms with Crippen molar-refractivity contribution in [3.05, 3.63) is 29.8 Å². The molecule has 15 nitrogen and oxygen atoms in total. The Labute approximate surface area is 365 Å². The molecule has 1 fully saturated rings. The number of hydrogen-bond acceptors (Lipinski definition) is 11. The minimum absolute atomic E-state index is 0.0278. The second-order valence-corrected chi connectivity index (χ2v) is 18.0. The van der Waals surface area contributed by atoms with Gasteiger partial charge in [-0.1, -0.05) is 73.4 Å². The molecule has 9 atom stereocenters. The number of Topliss-reactive ketones (excluding diaryl/α,β-unsaturated/α-hetero) is 1. The fourth-order valence-electron chi connectivity index (χ4n) is 7.80. The molecule has 0 bridgehead atoms. The van der Waals surface area contributed by atoms with E-state index < -0.39 is 72.1 Å². The van der Waals surface area contributed by atoms with Crippen LogP contribution in [0.1, 0.15) is 119 Å². The van der Waals surface area contributed by atoms with Gasteiger partial charge >= 0.3 is 5.97 Å². The van der Waals surface area contributed by atoms with Crippen LogP contribution in [0.5, 0.6) is 5.75 Å². The summed E-state index contributed by atoms with van der Waals surface area (Å²) in [7, 11) is 6.57. The lowest BCUT2D eigenvalue weighted by molar-refractivity contribution is -0.162. The number of nitrogens with zero attached hydrogens (tertiary/aromatic N) is 3. The maximum absolute atomic E-state index is 14.5. The Bertz CT molecular complexity index is 1570. The number of likely N-dealkylation sites (N-methyl/N-ethyl adjacent to an activating group) is 2. The highest BCUT2D eigenvalue weighted by Crippen LogP contribution is 2.24. The first-order valence-corrected chi connectivity index (χ1v) is 22.3. The van der Waals surface area contributed by atoms with Gasteiger partial charge in [0.2, 0.25) is 23.6 Å². The lowest BCUT2D eigenvalue weighted by Crippen LogP contribution is -2.61. The number of unbranched alkanes of at least 4 members (excludes halogenated alkanes) is 1. The molecule has 0 aromatic heterocycles. The number of rotatable bonds is 26. The number of ether oxygens (including phenoxy) is 2. The molecule has 1 aliphatic rings. The summed E-state index contributed by atoms with van der Waals surface area (Å²) in [6.45, 7) is 15.5. The van der Waals surface area contributed by atoms with Crippen molar-refractivity contribution >= 4 is 35.4 Å². The van der Waals surface area contributed by atoms with Crippen LogP contribution in [-0.2, 0) is 39.9 Å². The summed E-state index contributed by atoms with van der Waals surface area (Å²) in [5.74, 6) is -2.20. The Morgan fingerprint density at radius 2 is 1.52 bits per heavy atom.